The topological polar surface area (TPSA) is 118 Å². The number of nitrogens with one attached hydrogen (secondary N) is 2. The van der Waals surface area contributed by atoms with E-state index in [9.17, 15) is 4.79 Å². The number of aromatic nitrogens is 4. The maximum Gasteiger partial charge on any atom is 0.317 e. The molecule has 3 heterocycles. The molecule has 2 aromatic carbocycles. The molecule has 5 rings (SSSR count). The highest BCUT2D eigenvalue weighted by atomic mass is 16.4. The summed E-state index contributed by atoms with van der Waals surface area (Å²) < 4.78 is 5.57. The summed E-state index contributed by atoms with van der Waals surface area (Å²) in [4.78, 5) is 25.7. The second-order valence-electron chi connectivity index (χ2n) is 6.41. The van der Waals surface area contributed by atoms with Gasteiger partial charge in [0.05, 0.1) is 11.4 Å². The molecule has 2 aromatic heterocycles. The molecule has 0 aliphatic carbocycles. The molecule has 0 saturated carbocycles. The predicted octanol–water partition coefficient (Wildman–Crippen LogP) is 2.75. The van der Waals surface area contributed by atoms with Gasteiger partial charge in [0.25, 0.3) is 11.8 Å². The normalized spacial score (nSPS) is 15.5. The van der Waals surface area contributed by atoms with E-state index in [1.807, 2.05) is 54.6 Å². The van der Waals surface area contributed by atoms with Crippen molar-refractivity contribution in [2.75, 3.05) is 10.6 Å². The van der Waals surface area contributed by atoms with E-state index in [0.717, 1.165) is 11.1 Å². The van der Waals surface area contributed by atoms with Crippen LogP contribution in [0.2, 0.25) is 0 Å². The number of hydrogen-bond acceptors (Lipinski definition) is 8. The lowest BCUT2D eigenvalue weighted by Crippen LogP contribution is -2.32. The highest BCUT2D eigenvalue weighted by molar-refractivity contribution is 6.19. The summed E-state index contributed by atoms with van der Waals surface area (Å²) >= 11 is 0. The van der Waals surface area contributed by atoms with Crippen LogP contribution >= 0.6 is 0 Å². The van der Waals surface area contributed by atoms with Crippen LogP contribution in [0, 0.1) is 0 Å². The molecule has 0 fully saturated rings. The fraction of sp³-hybridized carbons (Fsp3) is 0.0476. The van der Waals surface area contributed by atoms with Gasteiger partial charge in [-0.15, -0.1) is 5.10 Å². The van der Waals surface area contributed by atoms with Crippen molar-refractivity contribution in [3.05, 3.63) is 84.2 Å². The zero-order chi connectivity index (χ0) is 20.3. The maximum atomic E-state index is 12.8. The van der Waals surface area contributed by atoms with Crippen LogP contribution in [-0.4, -0.2) is 37.9 Å². The quantitative estimate of drug-likeness (QED) is 0.543. The monoisotopic (exact) mass is 397 g/mol. The van der Waals surface area contributed by atoms with Gasteiger partial charge in [0.1, 0.15) is 0 Å². The van der Waals surface area contributed by atoms with Gasteiger partial charge >= 0.3 is 6.01 Å². The van der Waals surface area contributed by atoms with E-state index in [1.165, 1.54) is 0 Å². The van der Waals surface area contributed by atoms with Crippen LogP contribution in [0.15, 0.2) is 82.5 Å². The van der Waals surface area contributed by atoms with E-state index in [1.54, 1.807) is 18.5 Å². The van der Waals surface area contributed by atoms with Crippen molar-refractivity contribution in [3.63, 3.8) is 0 Å². The van der Waals surface area contributed by atoms with Crippen LogP contribution in [-0.2, 0) is 4.79 Å². The van der Waals surface area contributed by atoms with Crippen molar-refractivity contribution in [1.82, 2.24) is 20.2 Å². The first kappa shape index (κ1) is 17.7. The number of benzodiazepines with no additional fused rings is 1. The average molecular weight is 397 g/mol. The van der Waals surface area contributed by atoms with Crippen molar-refractivity contribution >= 4 is 23.3 Å². The fourth-order valence-electron chi connectivity index (χ4n) is 3.08. The summed E-state index contributed by atoms with van der Waals surface area (Å²) in [6, 6.07) is 18.9. The molecule has 9 heteroatoms. The van der Waals surface area contributed by atoms with Gasteiger partial charge in [0.2, 0.25) is 12.0 Å². The molecule has 0 bridgehead atoms. The molecule has 1 unspecified atom stereocenters. The lowest BCUT2D eigenvalue weighted by Gasteiger charge is -2.11. The van der Waals surface area contributed by atoms with Crippen molar-refractivity contribution in [2.45, 2.75) is 6.17 Å². The van der Waals surface area contributed by atoms with E-state index in [0.29, 0.717) is 17.2 Å². The highest BCUT2D eigenvalue weighted by Crippen LogP contribution is 2.25. The molecule has 4 aromatic rings. The molecule has 1 aliphatic rings. The predicted molar refractivity (Wildman–Crippen MR) is 110 cm³/mol. The van der Waals surface area contributed by atoms with Crippen molar-refractivity contribution in [2.24, 2.45) is 4.99 Å². The van der Waals surface area contributed by atoms with Gasteiger partial charge in [-0.05, 0) is 12.1 Å². The molecule has 0 radical (unpaired) electrons. The lowest BCUT2D eigenvalue weighted by atomic mass is 10.0. The Morgan fingerprint density at radius 1 is 0.900 bits per heavy atom. The third kappa shape index (κ3) is 3.39. The number of carbonyl (C=O) groups excluding carboxylic acids is 1. The van der Waals surface area contributed by atoms with Crippen LogP contribution in [0.25, 0.3) is 11.7 Å². The molecule has 2 N–H and O–H groups in total. The Bertz CT molecular complexity index is 1220. The molecule has 146 valence electrons. The average Bonchev–Trinajstić information content (AvgIpc) is 3.21. The van der Waals surface area contributed by atoms with Gasteiger partial charge in [-0.2, -0.15) is 0 Å². The summed E-state index contributed by atoms with van der Waals surface area (Å²) in [6.07, 6.45) is 2.18. The van der Waals surface area contributed by atoms with Crippen molar-refractivity contribution in [3.8, 4) is 11.7 Å². The molecular formula is C21H15N7O2. The number of rotatable bonds is 4. The minimum atomic E-state index is -0.974. The third-order valence-electron chi connectivity index (χ3n) is 4.44. The highest BCUT2D eigenvalue weighted by Gasteiger charge is 2.27. The van der Waals surface area contributed by atoms with E-state index in [-0.39, 0.29) is 17.8 Å². The molecule has 9 nitrogen and oxygen atoms in total. The van der Waals surface area contributed by atoms with E-state index < -0.39 is 6.17 Å². The standard InChI is InChI=1S/C21H15N7O2/c29-19-17(26-21-28-27-20(30-21)18-22-11-6-12-23-18)25-16(13-7-2-1-3-8-13)14-9-4-5-10-15(14)24-19/h1-12,17H,(H,24,29)(H,26,28). The minimum absolute atomic E-state index is 0.0414. The number of amides is 1. The van der Waals surface area contributed by atoms with Gasteiger partial charge in [0, 0.05) is 23.5 Å². The Morgan fingerprint density at radius 3 is 2.50 bits per heavy atom. The van der Waals surface area contributed by atoms with Crippen LogP contribution in [0.4, 0.5) is 11.7 Å². The second kappa shape index (κ2) is 7.55. The molecular weight excluding hydrogens is 382 g/mol. The van der Waals surface area contributed by atoms with Gasteiger partial charge in [-0.1, -0.05) is 53.6 Å². The first-order valence-electron chi connectivity index (χ1n) is 9.19. The SMILES string of the molecule is O=C1Nc2ccccc2C(c2ccccc2)=NC1Nc1nnc(-c2ncccn2)o1. The summed E-state index contributed by atoms with van der Waals surface area (Å²) in [5.41, 5.74) is 3.06. The zero-order valence-electron chi connectivity index (χ0n) is 15.6. The summed E-state index contributed by atoms with van der Waals surface area (Å²) in [5, 5.41) is 13.7. The summed E-state index contributed by atoms with van der Waals surface area (Å²) in [5.74, 6) is 0.0935. The number of para-hydroxylation sites is 1. The Hall–Kier alpha value is -4.40. The van der Waals surface area contributed by atoms with Gasteiger partial charge in [-0.3, -0.25) is 4.79 Å². The van der Waals surface area contributed by atoms with Crippen LogP contribution < -0.4 is 10.6 Å². The van der Waals surface area contributed by atoms with Crippen molar-refractivity contribution in [1.29, 1.82) is 0 Å². The van der Waals surface area contributed by atoms with Gasteiger partial charge < -0.3 is 15.1 Å². The lowest BCUT2D eigenvalue weighted by molar-refractivity contribution is -0.116. The second-order valence-corrected chi connectivity index (χ2v) is 6.41. The largest absolute Gasteiger partial charge is 0.400 e. The van der Waals surface area contributed by atoms with Gasteiger partial charge in [-0.25, -0.2) is 15.0 Å². The Morgan fingerprint density at radius 2 is 1.67 bits per heavy atom. The maximum absolute atomic E-state index is 12.8. The minimum Gasteiger partial charge on any atom is -0.400 e. The number of carbonyl (C=O) groups is 1. The molecule has 0 spiro atoms. The van der Waals surface area contributed by atoms with Gasteiger partial charge in [0.15, 0.2) is 0 Å². The zero-order valence-corrected chi connectivity index (χ0v) is 15.6. The first-order chi connectivity index (χ1) is 14.8. The van der Waals surface area contributed by atoms with E-state index in [4.69, 9.17) is 4.42 Å². The first-order valence-corrected chi connectivity index (χ1v) is 9.19. The third-order valence-corrected chi connectivity index (χ3v) is 4.44. The molecule has 30 heavy (non-hydrogen) atoms. The van der Waals surface area contributed by atoms with E-state index in [2.05, 4.69) is 35.8 Å². The molecule has 1 atom stereocenters. The number of hydrogen-bond donors (Lipinski definition) is 2. The van der Waals surface area contributed by atoms with E-state index >= 15 is 0 Å². The molecule has 0 saturated heterocycles. The fourth-order valence-corrected chi connectivity index (χ4v) is 3.08. The number of nitrogens with zero attached hydrogens (tertiary/aromatic N) is 5. The Kier molecular flexibility index (Phi) is 4.45. The smallest absolute Gasteiger partial charge is 0.317 e. The van der Waals surface area contributed by atoms with Crippen LogP contribution in [0.5, 0.6) is 0 Å². The summed E-state index contributed by atoms with van der Waals surface area (Å²) in [6.45, 7) is 0. The number of fused-ring (bicyclic) bond motifs is 1. The van der Waals surface area contributed by atoms with Crippen LogP contribution in [0.1, 0.15) is 11.1 Å². The Balaban J connectivity index is 1.51. The number of aliphatic imine (C=N–C) groups is 1. The van der Waals surface area contributed by atoms with Crippen molar-refractivity contribution < 1.29 is 9.21 Å². The summed E-state index contributed by atoms with van der Waals surface area (Å²) in [7, 11) is 0. The van der Waals surface area contributed by atoms with Crippen LogP contribution in [0.3, 0.4) is 0 Å². The number of benzene rings is 2. The molecule has 1 aliphatic heterocycles. The Labute approximate surface area is 170 Å². The number of anilines is 2. The molecule has 1 amide bonds.